The van der Waals surface area contributed by atoms with Crippen molar-refractivity contribution >= 4 is 17.7 Å². The molecule has 2 heterocycles. The third-order valence-corrected chi connectivity index (χ3v) is 5.08. The number of benzene rings is 1. The third-order valence-electron chi connectivity index (χ3n) is 3.78. The number of carbonyl (C=O) groups is 1. The Morgan fingerprint density at radius 3 is 2.96 bits per heavy atom. The molecule has 1 aromatic heterocycles. The number of thioether (sulfide) groups is 1. The number of amides is 1. The Morgan fingerprint density at radius 2 is 2.22 bits per heavy atom. The quantitative estimate of drug-likeness (QED) is 0.838. The molecule has 3 rings (SSSR count). The molecule has 0 unspecified atom stereocenters. The summed E-state index contributed by atoms with van der Waals surface area (Å²) in [4.78, 5) is 14.2. The highest BCUT2D eigenvalue weighted by Gasteiger charge is 2.29. The van der Waals surface area contributed by atoms with Crippen molar-refractivity contribution in [2.75, 3.05) is 6.54 Å². The molecule has 1 aliphatic heterocycles. The number of piperidine rings is 1. The summed E-state index contributed by atoms with van der Waals surface area (Å²) in [5.41, 5.74) is 1.13. The SMILES string of the molecule is O=C1[C@@H](SCc2ccon2)CCCN1Cc1ccc(F)cc1F. The fraction of sp³-hybridized carbons (Fsp3) is 0.375. The fourth-order valence-corrected chi connectivity index (χ4v) is 3.72. The topological polar surface area (TPSA) is 46.3 Å². The predicted molar refractivity (Wildman–Crippen MR) is 82.6 cm³/mol. The Labute approximate surface area is 136 Å². The molecule has 1 aliphatic rings. The summed E-state index contributed by atoms with van der Waals surface area (Å²) in [7, 11) is 0. The van der Waals surface area contributed by atoms with Gasteiger partial charge in [0, 0.05) is 36.5 Å². The van der Waals surface area contributed by atoms with Crippen molar-refractivity contribution in [3.63, 3.8) is 0 Å². The first kappa shape index (κ1) is 16.0. The minimum atomic E-state index is -0.616. The molecule has 4 nitrogen and oxygen atoms in total. The smallest absolute Gasteiger partial charge is 0.236 e. The summed E-state index contributed by atoms with van der Waals surface area (Å²) in [6.45, 7) is 0.767. The van der Waals surface area contributed by atoms with E-state index in [1.54, 1.807) is 11.0 Å². The van der Waals surface area contributed by atoms with Crippen molar-refractivity contribution in [2.24, 2.45) is 0 Å². The number of halogens is 2. The van der Waals surface area contributed by atoms with Gasteiger partial charge in [-0.3, -0.25) is 4.79 Å². The van der Waals surface area contributed by atoms with Crippen LogP contribution in [-0.4, -0.2) is 27.8 Å². The number of likely N-dealkylation sites (tertiary alicyclic amines) is 1. The summed E-state index contributed by atoms with van der Waals surface area (Å²) < 4.78 is 31.5. The van der Waals surface area contributed by atoms with Crippen LogP contribution in [0.25, 0.3) is 0 Å². The fourth-order valence-electron chi connectivity index (χ4n) is 2.57. The van der Waals surface area contributed by atoms with Gasteiger partial charge >= 0.3 is 0 Å². The molecule has 1 fully saturated rings. The summed E-state index contributed by atoms with van der Waals surface area (Å²) in [6, 6.07) is 5.22. The molecule has 23 heavy (non-hydrogen) atoms. The first-order chi connectivity index (χ1) is 11.1. The molecule has 2 aromatic rings. The van der Waals surface area contributed by atoms with Crippen molar-refractivity contribution in [2.45, 2.75) is 30.4 Å². The summed E-state index contributed by atoms with van der Waals surface area (Å²) in [6.07, 6.45) is 3.16. The van der Waals surface area contributed by atoms with Crippen LogP contribution in [0.3, 0.4) is 0 Å². The van der Waals surface area contributed by atoms with Gasteiger partial charge in [0.05, 0.1) is 10.9 Å². The zero-order chi connectivity index (χ0) is 16.2. The summed E-state index contributed by atoms with van der Waals surface area (Å²) in [5, 5.41) is 3.66. The number of hydrogen-bond donors (Lipinski definition) is 0. The standard InChI is InChI=1S/C16H16F2N2O2S/c17-12-4-3-11(14(18)8-12)9-20-6-1-2-15(16(20)21)23-10-13-5-7-22-19-13/h3-5,7-8,15H,1-2,6,9-10H2/t15-/m0/s1. The van der Waals surface area contributed by atoms with Crippen molar-refractivity contribution in [3.8, 4) is 0 Å². The van der Waals surface area contributed by atoms with Crippen LogP contribution in [0.5, 0.6) is 0 Å². The molecular weight excluding hydrogens is 322 g/mol. The molecule has 0 N–H and O–H groups in total. The van der Waals surface area contributed by atoms with E-state index in [2.05, 4.69) is 5.16 Å². The van der Waals surface area contributed by atoms with Crippen molar-refractivity contribution in [1.29, 1.82) is 0 Å². The Kier molecular flexibility index (Phi) is 4.95. The maximum atomic E-state index is 13.8. The van der Waals surface area contributed by atoms with Gasteiger partial charge in [-0.05, 0) is 18.9 Å². The third kappa shape index (κ3) is 3.90. The second-order valence-corrected chi connectivity index (χ2v) is 6.62. The number of rotatable bonds is 5. The van der Waals surface area contributed by atoms with E-state index in [4.69, 9.17) is 4.52 Å². The van der Waals surface area contributed by atoms with Gasteiger partial charge in [-0.25, -0.2) is 8.78 Å². The zero-order valence-electron chi connectivity index (χ0n) is 12.4. The largest absolute Gasteiger partial charge is 0.364 e. The molecule has 0 radical (unpaired) electrons. The highest BCUT2D eigenvalue weighted by Crippen LogP contribution is 2.27. The van der Waals surface area contributed by atoms with Gasteiger partial charge in [-0.2, -0.15) is 0 Å². The lowest BCUT2D eigenvalue weighted by Gasteiger charge is -2.32. The Morgan fingerprint density at radius 1 is 1.35 bits per heavy atom. The first-order valence-electron chi connectivity index (χ1n) is 7.37. The molecule has 0 saturated carbocycles. The van der Waals surface area contributed by atoms with Crippen molar-refractivity contribution in [3.05, 3.63) is 53.4 Å². The molecule has 122 valence electrons. The second-order valence-electron chi connectivity index (χ2n) is 5.43. The highest BCUT2D eigenvalue weighted by molar-refractivity contribution is 7.99. The molecule has 1 saturated heterocycles. The van der Waals surface area contributed by atoms with E-state index < -0.39 is 11.6 Å². The zero-order valence-corrected chi connectivity index (χ0v) is 13.2. The number of aromatic nitrogens is 1. The maximum Gasteiger partial charge on any atom is 0.236 e. The molecule has 1 aromatic carbocycles. The highest BCUT2D eigenvalue weighted by atomic mass is 32.2. The predicted octanol–water partition coefficient (Wildman–Crippen LogP) is 3.38. The number of hydrogen-bond acceptors (Lipinski definition) is 4. The van der Waals surface area contributed by atoms with E-state index in [0.29, 0.717) is 17.9 Å². The van der Waals surface area contributed by atoms with Gasteiger partial charge < -0.3 is 9.42 Å². The first-order valence-corrected chi connectivity index (χ1v) is 8.42. The molecule has 1 amide bonds. The lowest BCUT2D eigenvalue weighted by atomic mass is 10.1. The normalized spacial score (nSPS) is 18.4. The number of carbonyl (C=O) groups excluding carboxylic acids is 1. The van der Waals surface area contributed by atoms with Crippen LogP contribution in [0.4, 0.5) is 8.78 Å². The van der Waals surface area contributed by atoms with Crippen LogP contribution >= 0.6 is 11.8 Å². The molecule has 0 bridgehead atoms. The molecule has 0 spiro atoms. The monoisotopic (exact) mass is 338 g/mol. The Bertz CT molecular complexity index is 679. The summed E-state index contributed by atoms with van der Waals surface area (Å²) >= 11 is 1.52. The average molecular weight is 338 g/mol. The summed E-state index contributed by atoms with van der Waals surface area (Å²) in [5.74, 6) is -0.632. The number of nitrogens with zero attached hydrogens (tertiary/aromatic N) is 2. The average Bonchev–Trinajstić information content (AvgIpc) is 3.04. The van der Waals surface area contributed by atoms with E-state index in [1.165, 1.54) is 30.2 Å². The van der Waals surface area contributed by atoms with Crippen LogP contribution in [-0.2, 0) is 17.1 Å². The van der Waals surface area contributed by atoms with Gasteiger partial charge in [-0.15, -0.1) is 11.8 Å². The minimum absolute atomic E-state index is 0.00605. The van der Waals surface area contributed by atoms with Crippen LogP contribution in [0, 0.1) is 11.6 Å². The van der Waals surface area contributed by atoms with Crippen LogP contribution in [0.15, 0.2) is 35.1 Å². The molecular formula is C16H16F2N2O2S. The van der Waals surface area contributed by atoms with E-state index in [-0.39, 0.29) is 17.7 Å². The molecule has 1 atom stereocenters. The van der Waals surface area contributed by atoms with Crippen molar-refractivity contribution in [1.82, 2.24) is 10.1 Å². The van der Waals surface area contributed by atoms with E-state index in [1.807, 2.05) is 0 Å². The Balaban J connectivity index is 1.62. The molecule has 0 aliphatic carbocycles. The molecule has 7 heteroatoms. The Hall–Kier alpha value is -1.89. The van der Waals surface area contributed by atoms with Gasteiger partial charge in [0.25, 0.3) is 0 Å². The van der Waals surface area contributed by atoms with E-state index in [0.717, 1.165) is 24.6 Å². The minimum Gasteiger partial charge on any atom is -0.364 e. The maximum absolute atomic E-state index is 13.8. The van der Waals surface area contributed by atoms with E-state index in [9.17, 15) is 13.6 Å². The van der Waals surface area contributed by atoms with Crippen LogP contribution in [0.2, 0.25) is 0 Å². The van der Waals surface area contributed by atoms with Crippen molar-refractivity contribution < 1.29 is 18.1 Å². The van der Waals surface area contributed by atoms with E-state index >= 15 is 0 Å². The van der Waals surface area contributed by atoms with Gasteiger partial charge in [0.2, 0.25) is 5.91 Å². The van der Waals surface area contributed by atoms with Gasteiger partial charge in [0.15, 0.2) is 0 Å². The second kappa shape index (κ2) is 7.12. The van der Waals surface area contributed by atoms with Crippen LogP contribution in [0.1, 0.15) is 24.1 Å². The van der Waals surface area contributed by atoms with Gasteiger partial charge in [-0.1, -0.05) is 11.2 Å². The van der Waals surface area contributed by atoms with Crippen LogP contribution < -0.4 is 0 Å². The lowest BCUT2D eigenvalue weighted by molar-refractivity contribution is -0.133. The lowest BCUT2D eigenvalue weighted by Crippen LogP contribution is -2.42. The van der Waals surface area contributed by atoms with Gasteiger partial charge in [0.1, 0.15) is 17.9 Å².